The van der Waals surface area contributed by atoms with Crippen molar-refractivity contribution >= 4 is 71.2 Å². The number of aromatic nitrogens is 1. The predicted molar refractivity (Wildman–Crippen MR) is 290 cm³/mol. The first-order valence-electron chi connectivity index (χ1n) is 25.5. The number of anilines is 3. The fourth-order valence-corrected chi connectivity index (χ4v) is 10.2. The summed E-state index contributed by atoms with van der Waals surface area (Å²) in [5, 5.41) is 9.52. The Hall–Kier alpha value is -8.98. The van der Waals surface area contributed by atoms with E-state index in [0.29, 0.717) is 5.56 Å². The van der Waals surface area contributed by atoms with E-state index in [2.05, 4.69) is 204 Å². The molecule has 0 radical (unpaired) electrons. The average molecular weight is 870 g/mol. The standard InChI is InChI=1S/C66H44N2/c1-3-14-45(15-4-1)47-32-38-54(39-33-47)67(55-40-34-48(35-41-55)46-16-5-2-6-17-46)63-27-13-24-59-56(23-12-25-60(59)63)52-30-28-49(29-31-52)53-36-42-61-65(44-53)68(62-26-11-20-50-18-7-9-21-57(50)62)64-43-37-51-19-8-10-22-58(51)66(61)64/h1-44H/i1D,3D,4D,14D,15D. The van der Waals surface area contributed by atoms with E-state index in [1.54, 1.807) is 0 Å². The first-order valence-corrected chi connectivity index (χ1v) is 23.0. The summed E-state index contributed by atoms with van der Waals surface area (Å²) in [6, 6.07) is 82.0. The molecule has 1 aromatic heterocycles. The SMILES string of the molecule is [2H]c1c([2H])c([2H])c(-c2ccc(N(c3ccc(-c4ccccc4)cc3)c3cccc4c(-c5ccc(-c6ccc7c8c9ccccc9ccc8n(-c8cccc9ccccc89)c7c6)cc5)cccc34)cc2)c([2H])c1[2H]. The van der Waals surface area contributed by atoms with Gasteiger partial charge in [-0.3, -0.25) is 0 Å². The molecular weight excluding hydrogens is 821 g/mol. The highest BCUT2D eigenvalue weighted by Crippen LogP contribution is 2.44. The van der Waals surface area contributed by atoms with Gasteiger partial charge in [-0.15, -0.1) is 0 Å². The van der Waals surface area contributed by atoms with Crippen LogP contribution in [0.15, 0.2) is 267 Å². The second-order valence-electron chi connectivity index (χ2n) is 17.3. The highest BCUT2D eigenvalue weighted by Gasteiger charge is 2.20. The first kappa shape index (κ1) is 34.4. The summed E-state index contributed by atoms with van der Waals surface area (Å²) in [6.45, 7) is 0. The van der Waals surface area contributed by atoms with Crippen LogP contribution in [0.1, 0.15) is 6.85 Å². The van der Waals surface area contributed by atoms with Gasteiger partial charge in [0.05, 0.1) is 29.3 Å². The normalized spacial score (nSPS) is 12.6. The molecule has 0 fully saturated rings. The third-order valence-corrected chi connectivity index (χ3v) is 13.5. The summed E-state index contributed by atoms with van der Waals surface area (Å²) in [6.07, 6.45) is 0. The highest BCUT2D eigenvalue weighted by molar-refractivity contribution is 6.22. The van der Waals surface area contributed by atoms with Crippen LogP contribution in [0.5, 0.6) is 0 Å². The van der Waals surface area contributed by atoms with Gasteiger partial charge in [0, 0.05) is 32.9 Å². The van der Waals surface area contributed by atoms with Gasteiger partial charge >= 0.3 is 0 Å². The van der Waals surface area contributed by atoms with Crippen molar-refractivity contribution in [1.82, 2.24) is 4.57 Å². The van der Waals surface area contributed by atoms with E-state index in [0.717, 1.165) is 72.4 Å². The van der Waals surface area contributed by atoms with Crippen LogP contribution in [0.3, 0.4) is 0 Å². The topological polar surface area (TPSA) is 8.17 Å². The molecule has 0 saturated carbocycles. The van der Waals surface area contributed by atoms with E-state index in [1.165, 1.54) is 37.8 Å². The fourth-order valence-electron chi connectivity index (χ4n) is 10.2. The summed E-state index contributed by atoms with van der Waals surface area (Å²) in [5.41, 5.74) is 13.7. The van der Waals surface area contributed by atoms with Crippen molar-refractivity contribution in [2.45, 2.75) is 0 Å². The molecule has 0 saturated heterocycles. The summed E-state index contributed by atoms with van der Waals surface area (Å²) in [5.74, 6) is 0. The molecule has 12 aromatic carbocycles. The third-order valence-electron chi connectivity index (χ3n) is 13.5. The fraction of sp³-hybridized carbons (Fsp3) is 0. The Morgan fingerprint density at radius 2 is 0.868 bits per heavy atom. The molecule has 0 atom stereocenters. The van der Waals surface area contributed by atoms with Crippen molar-refractivity contribution in [2.75, 3.05) is 4.90 Å². The minimum atomic E-state index is -0.406. The van der Waals surface area contributed by atoms with Crippen molar-refractivity contribution in [1.29, 1.82) is 0 Å². The maximum absolute atomic E-state index is 8.65. The molecule has 318 valence electrons. The first-order chi connectivity index (χ1) is 35.8. The van der Waals surface area contributed by atoms with Gasteiger partial charge in [-0.1, -0.05) is 218 Å². The van der Waals surface area contributed by atoms with Crippen LogP contribution in [-0.4, -0.2) is 4.57 Å². The lowest BCUT2D eigenvalue weighted by atomic mass is 9.94. The molecule has 0 N–H and O–H groups in total. The van der Waals surface area contributed by atoms with Crippen LogP contribution in [-0.2, 0) is 0 Å². The number of rotatable bonds is 8. The van der Waals surface area contributed by atoms with Crippen molar-refractivity contribution < 1.29 is 6.85 Å². The average Bonchev–Trinajstić information content (AvgIpc) is 3.79. The quantitative estimate of drug-likeness (QED) is 0.148. The molecule has 2 heteroatoms. The number of benzene rings is 12. The summed E-state index contributed by atoms with van der Waals surface area (Å²) in [4.78, 5) is 2.23. The van der Waals surface area contributed by atoms with Crippen LogP contribution in [0.2, 0.25) is 0 Å². The van der Waals surface area contributed by atoms with Gasteiger partial charge in [0.1, 0.15) is 0 Å². The Labute approximate surface area is 402 Å². The molecule has 0 bridgehead atoms. The van der Waals surface area contributed by atoms with E-state index in [-0.39, 0.29) is 29.7 Å². The van der Waals surface area contributed by atoms with E-state index >= 15 is 0 Å². The van der Waals surface area contributed by atoms with Gasteiger partial charge in [0.2, 0.25) is 0 Å². The maximum atomic E-state index is 8.65. The van der Waals surface area contributed by atoms with Crippen LogP contribution >= 0.6 is 0 Å². The van der Waals surface area contributed by atoms with Crippen molar-refractivity contribution in [3.8, 4) is 50.2 Å². The maximum Gasteiger partial charge on any atom is 0.0629 e. The molecule has 0 unspecified atom stereocenters. The lowest BCUT2D eigenvalue weighted by Gasteiger charge is -2.27. The predicted octanol–water partition coefficient (Wildman–Crippen LogP) is 18.4. The minimum absolute atomic E-state index is 0.176. The van der Waals surface area contributed by atoms with Gasteiger partial charge < -0.3 is 9.47 Å². The lowest BCUT2D eigenvalue weighted by molar-refractivity contribution is 1.20. The molecular formula is C66H44N2. The molecule has 13 aromatic rings. The van der Waals surface area contributed by atoms with Crippen molar-refractivity contribution in [2.24, 2.45) is 0 Å². The minimum Gasteiger partial charge on any atom is -0.310 e. The van der Waals surface area contributed by atoms with E-state index in [1.807, 2.05) is 42.5 Å². The van der Waals surface area contributed by atoms with Gasteiger partial charge in [-0.05, 0) is 115 Å². The monoisotopic (exact) mass is 869 g/mol. The number of fused-ring (bicyclic) bond motifs is 7. The third kappa shape index (κ3) is 6.73. The number of hydrogen-bond donors (Lipinski definition) is 0. The van der Waals surface area contributed by atoms with Crippen molar-refractivity contribution in [3.05, 3.63) is 267 Å². The summed E-state index contributed by atoms with van der Waals surface area (Å²) < 4.78 is 44.5. The molecule has 0 aliphatic rings. The largest absolute Gasteiger partial charge is 0.310 e. The molecule has 2 nitrogen and oxygen atoms in total. The molecule has 0 aliphatic heterocycles. The van der Waals surface area contributed by atoms with Crippen LogP contribution in [0.25, 0.3) is 104 Å². The van der Waals surface area contributed by atoms with E-state index < -0.39 is 6.04 Å². The molecule has 1 heterocycles. The van der Waals surface area contributed by atoms with Crippen LogP contribution in [0.4, 0.5) is 17.1 Å². The Morgan fingerprint density at radius 3 is 1.63 bits per heavy atom. The number of hydrogen-bond acceptors (Lipinski definition) is 1. The van der Waals surface area contributed by atoms with Gasteiger partial charge in [-0.25, -0.2) is 0 Å². The Balaban J connectivity index is 0.909. The van der Waals surface area contributed by atoms with Crippen molar-refractivity contribution in [3.63, 3.8) is 0 Å². The zero-order chi connectivity index (χ0) is 49.3. The van der Waals surface area contributed by atoms with Gasteiger partial charge in [0.15, 0.2) is 0 Å². The van der Waals surface area contributed by atoms with E-state index in [9.17, 15) is 0 Å². The zero-order valence-electron chi connectivity index (χ0n) is 41.9. The summed E-state index contributed by atoms with van der Waals surface area (Å²) >= 11 is 0. The second-order valence-corrected chi connectivity index (χ2v) is 17.3. The molecule has 0 aliphatic carbocycles. The number of nitrogens with zero attached hydrogens (tertiary/aromatic N) is 2. The smallest absolute Gasteiger partial charge is 0.0629 e. The molecule has 0 spiro atoms. The Morgan fingerprint density at radius 1 is 0.324 bits per heavy atom. The summed E-state index contributed by atoms with van der Waals surface area (Å²) in [7, 11) is 0. The van der Waals surface area contributed by atoms with Crippen LogP contribution in [0, 0.1) is 0 Å². The zero-order valence-corrected chi connectivity index (χ0v) is 36.9. The second kappa shape index (κ2) is 16.5. The Kier molecular flexibility index (Phi) is 8.33. The van der Waals surface area contributed by atoms with E-state index in [4.69, 9.17) is 6.85 Å². The molecule has 68 heavy (non-hydrogen) atoms. The highest BCUT2D eigenvalue weighted by atomic mass is 15.1. The van der Waals surface area contributed by atoms with Gasteiger partial charge in [-0.2, -0.15) is 0 Å². The molecule has 0 amide bonds. The van der Waals surface area contributed by atoms with Gasteiger partial charge in [0.25, 0.3) is 0 Å². The molecule has 13 rings (SSSR count). The Bertz CT molecular complexity index is 4260. The lowest BCUT2D eigenvalue weighted by Crippen LogP contribution is -2.10. The van der Waals surface area contributed by atoms with Crippen LogP contribution < -0.4 is 4.90 Å².